The Morgan fingerprint density at radius 1 is 1.00 bits per heavy atom. The van der Waals surface area contributed by atoms with E-state index in [1.165, 1.54) is 18.2 Å². The number of ether oxygens (including phenoxy) is 2. The van der Waals surface area contributed by atoms with E-state index in [1.54, 1.807) is 24.4 Å². The van der Waals surface area contributed by atoms with Crippen molar-refractivity contribution in [2.24, 2.45) is 0 Å². The van der Waals surface area contributed by atoms with Crippen molar-refractivity contribution in [1.82, 2.24) is 25.5 Å². The molecule has 2 fully saturated rings. The van der Waals surface area contributed by atoms with Crippen LogP contribution in [0.1, 0.15) is 70.9 Å². The van der Waals surface area contributed by atoms with Crippen molar-refractivity contribution in [2.75, 3.05) is 18.5 Å². The molecule has 3 aliphatic heterocycles. The fraction of sp³-hybridized carbons (Fsp3) is 0.324. The molecule has 0 radical (unpaired) electrons. The van der Waals surface area contributed by atoms with Crippen LogP contribution >= 0.6 is 0 Å². The lowest BCUT2D eigenvalue weighted by molar-refractivity contribution is -0.136. The van der Waals surface area contributed by atoms with Crippen molar-refractivity contribution in [3.8, 4) is 11.5 Å². The third-order valence-corrected chi connectivity index (χ3v) is 10.0. The van der Waals surface area contributed by atoms with Gasteiger partial charge in [0.1, 0.15) is 23.1 Å². The lowest BCUT2D eigenvalue weighted by atomic mass is 9.79. The number of para-hydroxylation sites is 1. The molecule has 4 aliphatic rings. The summed E-state index contributed by atoms with van der Waals surface area (Å²) in [6.07, 6.45) is 3.67. The van der Waals surface area contributed by atoms with Crippen molar-refractivity contribution in [1.29, 1.82) is 0 Å². The highest BCUT2D eigenvalue weighted by Gasteiger charge is 2.46. The number of piperidine rings is 1. The van der Waals surface area contributed by atoms with Crippen LogP contribution in [0.15, 0.2) is 60.8 Å². The van der Waals surface area contributed by atoms with Gasteiger partial charge >= 0.3 is 7.12 Å². The Labute approximate surface area is 308 Å². The van der Waals surface area contributed by atoms with E-state index in [2.05, 4.69) is 20.9 Å². The zero-order valence-corrected chi connectivity index (χ0v) is 28.8. The molecule has 1 saturated heterocycles. The molecule has 4 aromatic rings. The summed E-state index contributed by atoms with van der Waals surface area (Å²) in [5, 5.41) is 29.5. The van der Waals surface area contributed by atoms with Crippen molar-refractivity contribution in [3.05, 3.63) is 77.5 Å². The second-order valence-electron chi connectivity index (χ2n) is 13.6. The number of hydrogen-bond acceptors (Lipinski definition) is 13. The monoisotopic (exact) mass is 734 g/mol. The number of aromatic nitrogens is 2. The molecule has 54 heavy (non-hydrogen) atoms. The van der Waals surface area contributed by atoms with E-state index < -0.39 is 55.4 Å². The predicted molar refractivity (Wildman–Crippen MR) is 191 cm³/mol. The number of aliphatic hydroxyl groups excluding tert-OH is 1. The number of hydrogen-bond donors (Lipinski definition) is 5. The van der Waals surface area contributed by atoms with E-state index in [9.17, 15) is 34.1 Å². The van der Waals surface area contributed by atoms with Gasteiger partial charge in [0.05, 0.1) is 29.4 Å². The molecule has 0 bridgehead atoms. The smallest absolute Gasteiger partial charge is 0.488 e. The largest absolute Gasteiger partial charge is 0.492 e. The summed E-state index contributed by atoms with van der Waals surface area (Å²) in [5.74, 6) is -2.22. The van der Waals surface area contributed by atoms with Crippen LogP contribution in [-0.2, 0) is 19.0 Å². The summed E-state index contributed by atoms with van der Waals surface area (Å²) in [5.41, 5.74) is 2.39. The number of imide groups is 2. The fourth-order valence-corrected chi connectivity index (χ4v) is 7.28. The molecular weight excluding hydrogens is 699 g/mol. The molecule has 3 aromatic carbocycles. The quantitative estimate of drug-likeness (QED) is 0.115. The van der Waals surface area contributed by atoms with Crippen LogP contribution in [0.4, 0.5) is 11.6 Å². The zero-order valence-electron chi connectivity index (χ0n) is 28.8. The first-order chi connectivity index (χ1) is 26.1. The molecule has 5 N–H and O–H groups in total. The number of fused-ring (bicyclic) bond motifs is 3. The van der Waals surface area contributed by atoms with Gasteiger partial charge < -0.3 is 34.9 Å². The zero-order chi connectivity index (χ0) is 37.5. The third kappa shape index (κ3) is 6.84. The van der Waals surface area contributed by atoms with Gasteiger partial charge in [-0.1, -0.05) is 24.3 Å². The molecule has 5 amide bonds. The Morgan fingerprint density at radius 3 is 2.61 bits per heavy atom. The molecule has 8 rings (SSSR count). The molecule has 1 aromatic heterocycles. The van der Waals surface area contributed by atoms with E-state index in [4.69, 9.17) is 19.1 Å². The molecule has 2 unspecified atom stereocenters. The number of rotatable bonds is 10. The maximum absolute atomic E-state index is 13.3. The Balaban J connectivity index is 0.886. The highest BCUT2D eigenvalue weighted by Crippen LogP contribution is 2.34. The van der Waals surface area contributed by atoms with Crippen LogP contribution in [0, 0.1) is 0 Å². The molecule has 0 spiro atoms. The van der Waals surface area contributed by atoms with Gasteiger partial charge in [0, 0.05) is 30.2 Å². The first kappa shape index (κ1) is 35.1. The summed E-state index contributed by atoms with van der Waals surface area (Å²) < 4.78 is 17.7. The third-order valence-electron chi connectivity index (χ3n) is 10.0. The summed E-state index contributed by atoms with van der Waals surface area (Å²) in [6, 6.07) is 14.2. The highest BCUT2D eigenvalue weighted by molar-refractivity contribution is 6.62. The second-order valence-corrected chi connectivity index (χ2v) is 13.6. The van der Waals surface area contributed by atoms with Gasteiger partial charge in [0.15, 0.2) is 6.61 Å². The van der Waals surface area contributed by atoms with E-state index in [0.29, 0.717) is 46.8 Å². The van der Waals surface area contributed by atoms with Gasteiger partial charge in [0.25, 0.3) is 17.7 Å². The number of benzene rings is 3. The van der Waals surface area contributed by atoms with Gasteiger partial charge in [-0.25, -0.2) is 9.97 Å². The molecule has 2 atom stereocenters. The molecule has 276 valence electrons. The van der Waals surface area contributed by atoms with E-state index in [1.807, 2.05) is 18.2 Å². The first-order valence-corrected chi connectivity index (χ1v) is 17.7. The van der Waals surface area contributed by atoms with Crippen LogP contribution in [0.25, 0.3) is 10.9 Å². The maximum atomic E-state index is 13.3. The summed E-state index contributed by atoms with van der Waals surface area (Å²) in [6.45, 7) is -0.493. The number of nitrogens with one attached hydrogen (secondary N) is 3. The molecule has 16 nitrogen and oxygen atoms in total. The Kier molecular flexibility index (Phi) is 9.43. The normalized spacial score (nSPS) is 22.2. The Bertz CT molecular complexity index is 2190. The molecule has 1 saturated carbocycles. The lowest BCUT2D eigenvalue weighted by Crippen LogP contribution is -2.54. The number of anilines is 2. The average molecular weight is 735 g/mol. The SMILES string of the molecule is O=C(COc1cccc2c1C(=O)N(C1CCC(=O)NC1=O)C2=O)NCC1OB(O)c2cc(Nc3ncc4cccc(O[C@H]5CC[C@@H](O)CC5)c4n3)ccc21. The van der Waals surface area contributed by atoms with E-state index in [-0.39, 0.29) is 48.5 Å². The molecule has 4 heterocycles. The molecule has 1 aliphatic carbocycles. The van der Waals surface area contributed by atoms with Gasteiger partial charge in [0.2, 0.25) is 17.8 Å². The second kappa shape index (κ2) is 14.5. The van der Waals surface area contributed by atoms with Crippen LogP contribution in [0.2, 0.25) is 0 Å². The summed E-state index contributed by atoms with van der Waals surface area (Å²) in [7, 11) is -1.26. The minimum atomic E-state index is -1.26. The minimum Gasteiger partial charge on any atom is -0.488 e. The summed E-state index contributed by atoms with van der Waals surface area (Å²) in [4.78, 5) is 73.2. The van der Waals surface area contributed by atoms with E-state index >= 15 is 0 Å². The van der Waals surface area contributed by atoms with Gasteiger partial charge in [-0.05, 0) is 73.5 Å². The van der Waals surface area contributed by atoms with Crippen molar-refractivity contribution >= 4 is 64.7 Å². The van der Waals surface area contributed by atoms with Gasteiger partial charge in [-0.3, -0.25) is 34.2 Å². The minimum absolute atomic E-state index is 0.00203. The number of carbonyl (C=O) groups excluding carboxylic acids is 5. The molecular formula is C37H35BN6O10. The molecule has 17 heteroatoms. The van der Waals surface area contributed by atoms with Crippen LogP contribution in [0.3, 0.4) is 0 Å². The number of amides is 5. The van der Waals surface area contributed by atoms with E-state index in [0.717, 1.165) is 23.1 Å². The van der Waals surface area contributed by atoms with Crippen molar-refractivity contribution in [3.63, 3.8) is 0 Å². The number of aliphatic hydroxyl groups is 1. The maximum Gasteiger partial charge on any atom is 0.492 e. The Morgan fingerprint density at radius 2 is 1.80 bits per heavy atom. The lowest BCUT2D eigenvalue weighted by Gasteiger charge is -2.27. The van der Waals surface area contributed by atoms with Crippen molar-refractivity contribution < 1.29 is 48.2 Å². The first-order valence-electron chi connectivity index (χ1n) is 17.7. The highest BCUT2D eigenvalue weighted by atomic mass is 16.5. The topological polar surface area (TPSA) is 219 Å². The Hall–Kier alpha value is -5.91. The number of nitrogens with zero attached hydrogens (tertiary/aromatic N) is 3. The van der Waals surface area contributed by atoms with Gasteiger partial charge in [-0.2, -0.15) is 0 Å². The number of carbonyl (C=O) groups is 5. The van der Waals surface area contributed by atoms with Crippen LogP contribution < -0.4 is 30.9 Å². The fourth-order valence-electron chi connectivity index (χ4n) is 7.28. The van der Waals surface area contributed by atoms with Crippen LogP contribution in [-0.4, -0.2) is 93.1 Å². The summed E-state index contributed by atoms with van der Waals surface area (Å²) >= 11 is 0. The average Bonchev–Trinajstić information content (AvgIpc) is 3.62. The predicted octanol–water partition coefficient (Wildman–Crippen LogP) is 1.41. The van der Waals surface area contributed by atoms with Crippen molar-refractivity contribution in [2.45, 2.75) is 62.9 Å². The van der Waals surface area contributed by atoms with Crippen LogP contribution in [0.5, 0.6) is 11.5 Å². The standard InChI is InChI=1S/C37H35BN6O10/c45-21-8-10-22(11-9-21)53-28-6-1-3-19-16-40-37(43-33(19)28)41-20-7-12-23-25(15-20)38(51)54-29(23)17-39-31(47)18-52-27-5-2-4-24-32(27)36(50)44(35(24)49)26-13-14-30(46)42-34(26)48/h1-7,12,15-16,21-22,26,29,45,51H,8-11,13-14,17-18H2,(H,39,47)(H,40,41,43)(H,42,46,48)/t21-,22+,26?,29?. The van der Waals surface area contributed by atoms with Gasteiger partial charge in [-0.15, -0.1) is 0 Å².